The Labute approximate surface area is 219 Å². The largest absolute Gasteiger partial charge is 0.588 e. The Morgan fingerprint density at radius 1 is 1.03 bits per heavy atom. The van der Waals surface area contributed by atoms with Gasteiger partial charge in [-0.25, -0.2) is 4.79 Å². The van der Waals surface area contributed by atoms with Gasteiger partial charge in [-0.15, -0.1) is 5.01 Å². The van der Waals surface area contributed by atoms with Crippen LogP contribution in [0, 0.1) is 5.41 Å². The predicted octanol–water partition coefficient (Wildman–Crippen LogP) is 3.68. The topological polar surface area (TPSA) is 111 Å². The first-order chi connectivity index (χ1) is 17.8. The van der Waals surface area contributed by atoms with Crippen molar-refractivity contribution in [1.29, 1.82) is 0 Å². The van der Waals surface area contributed by atoms with Gasteiger partial charge in [-0.2, -0.15) is 0 Å². The molecule has 0 saturated carbocycles. The maximum Gasteiger partial charge on any atom is 0.410 e. The Morgan fingerprint density at radius 2 is 1.68 bits per heavy atom. The second-order valence-electron chi connectivity index (χ2n) is 9.18. The highest BCUT2D eigenvalue weighted by Crippen LogP contribution is 2.30. The number of piperazine rings is 1. The van der Waals surface area contributed by atoms with Gasteiger partial charge in [0.2, 0.25) is 10.4 Å². The van der Waals surface area contributed by atoms with E-state index in [1.807, 2.05) is 41.4 Å². The molecular formula is C26H29N5O5S. The zero-order valence-electron chi connectivity index (χ0n) is 20.8. The van der Waals surface area contributed by atoms with E-state index in [-0.39, 0.29) is 29.5 Å². The van der Waals surface area contributed by atoms with Crippen molar-refractivity contribution in [1.82, 2.24) is 10.2 Å². The van der Waals surface area contributed by atoms with Crippen LogP contribution in [0.4, 0.5) is 10.7 Å². The molecule has 0 atom stereocenters. The second-order valence-corrected chi connectivity index (χ2v) is 10.1. The molecule has 37 heavy (non-hydrogen) atoms. The lowest BCUT2D eigenvalue weighted by atomic mass is 9.95. The van der Waals surface area contributed by atoms with E-state index in [0.717, 1.165) is 17.3 Å². The van der Waals surface area contributed by atoms with Crippen LogP contribution in [0.15, 0.2) is 71.4 Å². The van der Waals surface area contributed by atoms with Gasteiger partial charge in [0, 0.05) is 29.8 Å². The lowest BCUT2D eigenvalue weighted by Crippen LogP contribution is -2.65. The Bertz CT molecular complexity index is 1210. The highest BCUT2D eigenvalue weighted by atomic mass is 32.2. The third-order valence-corrected chi connectivity index (χ3v) is 7.18. The van der Waals surface area contributed by atoms with Gasteiger partial charge in [0.15, 0.2) is 0 Å². The third kappa shape index (κ3) is 7.10. The summed E-state index contributed by atoms with van der Waals surface area (Å²) in [6.07, 6.45) is 1.17. The molecule has 0 aliphatic carbocycles. The number of hydrogen-bond donors (Lipinski definition) is 0. The Morgan fingerprint density at radius 3 is 2.35 bits per heavy atom. The molecule has 0 unspecified atom stereocenters. The molecule has 2 heterocycles. The number of hydrogen-bond acceptors (Lipinski definition) is 8. The minimum absolute atomic E-state index is 0.0714. The van der Waals surface area contributed by atoms with Crippen LogP contribution < -0.4 is 9.80 Å². The van der Waals surface area contributed by atoms with E-state index in [0.29, 0.717) is 31.7 Å². The van der Waals surface area contributed by atoms with Crippen molar-refractivity contribution in [2.75, 3.05) is 36.9 Å². The van der Waals surface area contributed by atoms with Gasteiger partial charge in [-0.05, 0) is 5.56 Å². The summed E-state index contributed by atoms with van der Waals surface area (Å²) in [5, 5.41) is 9.82. The fourth-order valence-corrected chi connectivity index (χ4v) is 4.44. The highest BCUT2D eigenvalue weighted by Gasteiger charge is 2.29. The van der Waals surface area contributed by atoms with Gasteiger partial charge in [0.05, 0.1) is 23.8 Å². The van der Waals surface area contributed by atoms with Crippen molar-refractivity contribution >= 4 is 34.8 Å². The molecule has 2 aromatic carbocycles. The van der Waals surface area contributed by atoms with Crippen molar-refractivity contribution < 1.29 is 28.4 Å². The molecule has 11 heteroatoms. The summed E-state index contributed by atoms with van der Waals surface area (Å²) in [5.41, 5.74) is 0.648. The monoisotopic (exact) mass is 523 g/mol. The van der Waals surface area contributed by atoms with Gasteiger partial charge < -0.3 is 24.3 Å². The minimum Gasteiger partial charge on any atom is -0.588 e. The smallest absolute Gasteiger partial charge is 0.410 e. The number of rotatable bonds is 8. The van der Waals surface area contributed by atoms with Crippen molar-refractivity contribution in [2.45, 2.75) is 20.5 Å². The average Bonchev–Trinajstić information content (AvgIpc) is 3.40. The molecule has 0 radical (unpaired) electrons. The molecule has 4 rings (SSSR count). The third-order valence-electron chi connectivity index (χ3n) is 5.82. The van der Waals surface area contributed by atoms with Gasteiger partial charge in [0.25, 0.3) is 6.20 Å². The maximum atomic E-state index is 12.8. The van der Waals surface area contributed by atoms with Crippen LogP contribution in [0.2, 0.25) is 0 Å². The quantitative estimate of drug-likeness (QED) is 0.411. The molecule has 2 amide bonds. The summed E-state index contributed by atoms with van der Waals surface area (Å²) in [4.78, 5) is 40.7. The van der Waals surface area contributed by atoms with E-state index in [1.54, 1.807) is 43.0 Å². The van der Waals surface area contributed by atoms with Crippen molar-refractivity contribution in [3.63, 3.8) is 0 Å². The molecule has 0 bridgehead atoms. The number of benzene rings is 2. The Hall–Kier alpha value is -3.86. The molecule has 0 spiro atoms. The predicted molar refractivity (Wildman–Crippen MR) is 138 cm³/mol. The van der Waals surface area contributed by atoms with Crippen LogP contribution in [0.5, 0.6) is 0 Å². The first-order valence-electron chi connectivity index (χ1n) is 11.9. The van der Waals surface area contributed by atoms with Gasteiger partial charge in [0.1, 0.15) is 12.5 Å². The van der Waals surface area contributed by atoms with E-state index in [1.165, 1.54) is 11.0 Å². The summed E-state index contributed by atoms with van der Waals surface area (Å²) < 4.78 is 10.6. The summed E-state index contributed by atoms with van der Waals surface area (Å²) in [6.45, 7) is 5.64. The molecular weight excluding hydrogens is 494 g/mol. The lowest BCUT2D eigenvalue weighted by Gasteiger charge is -2.30. The molecule has 10 nitrogen and oxygen atoms in total. The number of aromatic nitrogens is 2. The average molecular weight is 524 g/mol. The zero-order chi connectivity index (χ0) is 26.3. The summed E-state index contributed by atoms with van der Waals surface area (Å²) in [5.74, 6) is -0.0585. The van der Waals surface area contributed by atoms with Crippen LogP contribution in [0.25, 0.3) is 5.32 Å². The SMILES string of the molecule is CC(C)(CSC(=O)c1ccccc1)C(=O)[N-]c1c[n+](N2CCN(C(=O)OCc3ccccc3)CC2)no1. The maximum absolute atomic E-state index is 12.8. The van der Waals surface area contributed by atoms with Crippen LogP contribution in [0.1, 0.15) is 29.8 Å². The van der Waals surface area contributed by atoms with Crippen molar-refractivity contribution in [2.24, 2.45) is 5.41 Å². The van der Waals surface area contributed by atoms with E-state index in [4.69, 9.17) is 9.26 Å². The summed E-state index contributed by atoms with van der Waals surface area (Å²) in [7, 11) is 0. The molecule has 1 aromatic heterocycles. The van der Waals surface area contributed by atoms with Crippen LogP contribution in [-0.2, 0) is 16.1 Å². The minimum atomic E-state index is -0.877. The fraction of sp³-hybridized carbons (Fsp3) is 0.346. The van der Waals surface area contributed by atoms with Crippen molar-refractivity contribution in [3.8, 4) is 0 Å². The van der Waals surface area contributed by atoms with Gasteiger partial charge in [-0.3, -0.25) is 4.79 Å². The van der Waals surface area contributed by atoms with Crippen molar-refractivity contribution in [3.05, 3.63) is 83.3 Å². The molecule has 1 saturated heterocycles. The van der Waals surface area contributed by atoms with Crippen LogP contribution in [-0.4, -0.2) is 59.2 Å². The number of carbonyl (C=O) groups is 3. The Balaban J connectivity index is 1.23. The van der Waals surface area contributed by atoms with Gasteiger partial charge in [-0.1, -0.05) is 86.3 Å². The number of ether oxygens (including phenoxy) is 1. The first-order valence-corrected chi connectivity index (χ1v) is 12.9. The first kappa shape index (κ1) is 26.2. The second kappa shape index (κ2) is 11.9. The highest BCUT2D eigenvalue weighted by molar-refractivity contribution is 8.14. The molecule has 0 N–H and O–H groups in total. The van der Waals surface area contributed by atoms with E-state index >= 15 is 0 Å². The summed E-state index contributed by atoms with van der Waals surface area (Å²) in [6, 6.07) is 18.5. The normalized spacial score (nSPS) is 13.8. The molecule has 3 aromatic rings. The summed E-state index contributed by atoms with van der Waals surface area (Å²) >= 11 is 1.09. The van der Waals surface area contributed by atoms with E-state index in [9.17, 15) is 14.4 Å². The van der Waals surface area contributed by atoms with Gasteiger partial charge >= 0.3 is 6.09 Å². The zero-order valence-corrected chi connectivity index (χ0v) is 21.6. The number of nitrogens with zero attached hydrogens (tertiary/aromatic N) is 5. The van der Waals surface area contributed by atoms with Crippen LogP contribution in [0.3, 0.4) is 0 Å². The molecule has 1 aliphatic heterocycles. The molecule has 1 aliphatic rings. The molecule has 194 valence electrons. The number of thioether (sulfide) groups is 1. The number of amides is 2. The fourth-order valence-electron chi connectivity index (χ4n) is 3.52. The van der Waals surface area contributed by atoms with E-state index in [2.05, 4.69) is 10.6 Å². The Kier molecular flexibility index (Phi) is 8.44. The van der Waals surface area contributed by atoms with E-state index < -0.39 is 11.3 Å². The number of carbonyl (C=O) groups excluding carboxylic acids is 3. The lowest BCUT2D eigenvalue weighted by molar-refractivity contribution is -0.759. The standard InChI is InChI=1S/C26H29N5O5S/c1-26(2,19-37-23(32)21-11-7-4-8-12-21)24(33)27-22-17-31(28-36-22)30-15-13-29(14-16-30)25(34)35-18-20-9-5-3-6-10-20/h3-12,17H,13-16,18-19H2,1-2H3. The van der Waals surface area contributed by atoms with Crippen LogP contribution >= 0.6 is 11.8 Å². The molecule has 1 fully saturated rings.